The quantitative estimate of drug-likeness (QED) is 0.575. The summed E-state index contributed by atoms with van der Waals surface area (Å²) in [7, 11) is 0. The van der Waals surface area contributed by atoms with Crippen LogP contribution in [0.4, 0.5) is 11.5 Å². The van der Waals surface area contributed by atoms with Gasteiger partial charge < -0.3 is 20.5 Å². The van der Waals surface area contributed by atoms with E-state index in [0.717, 1.165) is 6.07 Å². The largest absolute Gasteiger partial charge is 0.478 e. The van der Waals surface area contributed by atoms with Crippen molar-refractivity contribution >= 4 is 39.3 Å². The maximum atomic E-state index is 11.9. The zero-order valence-electron chi connectivity index (χ0n) is 10.3. The third kappa shape index (κ3) is 3.26. The minimum absolute atomic E-state index is 0.0408. The molecule has 0 bridgehead atoms. The number of carboxylic acid groups (broad SMARTS) is 1. The maximum Gasteiger partial charge on any atom is 0.337 e. The number of halogens is 1. The van der Waals surface area contributed by atoms with Crippen molar-refractivity contribution in [3.05, 3.63) is 56.2 Å². The number of nitrogens with zero attached hydrogens (tertiary/aromatic N) is 1. The summed E-state index contributed by atoms with van der Waals surface area (Å²) in [5.41, 5.74) is -0.0484. The first kappa shape index (κ1) is 14.7. The lowest BCUT2D eigenvalue weighted by Gasteiger charge is -2.07. The molecule has 1 heterocycles. The Labute approximate surface area is 126 Å². The topological polar surface area (TPSA) is 125 Å². The van der Waals surface area contributed by atoms with Gasteiger partial charge in [0.25, 0.3) is 5.91 Å². The number of nitro groups is 1. The van der Waals surface area contributed by atoms with E-state index in [4.69, 9.17) is 5.11 Å². The number of aromatic amines is 1. The number of carbonyl (C=O) groups is 2. The van der Waals surface area contributed by atoms with Gasteiger partial charge in [-0.3, -0.25) is 4.79 Å². The molecule has 3 N–H and O–H groups in total. The summed E-state index contributed by atoms with van der Waals surface area (Å²) in [5.74, 6) is -2.20. The highest BCUT2D eigenvalue weighted by atomic mass is 79.9. The third-order valence-electron chi connectivity index (χ3n) is 2.57. The van der Waals surface area contributed by atoms with Gasteiger partial charge in [-0.05, 0) is 29.2 Å². The van der Waals surface area contributed by atoms with Crippen LogP contribution in [-0.4, -0.2) is 26.9 Å². The lowest BCUT2D eigenvalue weighted by molar-refractivity contribution is -0.389. The molecule has 0 saturated heterocycles. The van der Waals surface area contributed by atoms with Crippen LogP contribution in [0.25, 0.3) is 0 Å². The summed E-state index contributed by atoms with van der Waals surface area (Å²) in [6.45, 7) is 0. The van der Waals surface area contributed by atoms with Gasteiger partial charge in [-0.25, -0.2) is 9.78 Å². The van der Waals surface area contributed by atoms with Gasteiger partial charge in [0.15, 0.2) is 5.69 Å². The number of rotatable bonds is 4. The second-order valence-corrected chi connectivity index (χ2v) is 4.88. The summed E-state index contributed by atoms with van der Waals surface area (Å²) < 4.78 is 0.549. The number of carbonyl (C=O) groups excluding carboxylic acids is 1. The molecule has 0 aliphatic heterocycles. The van der Waals surface area contributed by atoms with Crippen LogP contribution in [0.3, 0.4) is 0 Å². The van der Waals surface area contributed by atoms with Crippen molar-refractivity contribution in [1.29, 1.82) is 0 Å². The van der Waals surface area contributed by atoms with Gasteiger partial charge in [0.1, 0.15) is 0 Å². The number of nitrogens with one attached hydrogen (secondary N) is 2. The predicted molar refractivity (Wildman–Crippen MR) is 76.5 cm³/mol. The Morgan fingerprint density at radius 3 is 2.57 bits per heavy atom. The van der Waals surface area contributed by atoms with Crippen molar-refractivity contribution in [1.82, 2.24) is 4.98 Å². The molecule has 9 heteroatoms. The van der Waals surface area contributed by atoms with E-state index in [9.17, 15) is 19.7 Å². The monoisotopic (exact) mass is 353 g/mol. The number of anilines is 1. The van der Waals surface area contributed by atoms with E-state index < -0.39 is 16.8 Å². The molecule has 0 aliphatic carbocycles. The molecule has 1 aromatic carbocycles. The normalized spacial score (nSPS) is 10.1. The van der Waals surface area contributed by atoms with E-state index in [1.165, 1.54) is 18.2 Å². The second-order valence-electron chi connectivity index (χ2n) is 3.96. The molecule has 0 saturated carbocycles. The molecular formula is C12H8BrN3O5. The number of hydrogen-bond donors (Lipinski definition) is 3. The van der Waals surface area contributed by atoms with Crippen LogP contribution in [0.5, 0.6) is 0 Å². The van der Waals surface area contributed by atoms with Crippen LogP contribution >= 0.6 is 15.9 Å². The van der Waals surface area contributed by atoms with Gasteiger partial charge in [0.2, 0.25) is 0 Å². The Hall–Kier alpha value is -2.68. The smallest absolute Gasteiger partial charge is 0.337 e. The van der Waals surface area contributed by atoms with E-state index in [1.54, 1.807) is 6.07 Å². The SMILES string of the molecule is O=C(Nc1ccc(Br)cc1C(=O)O)c1ccc([N+](=O)[O-])[nH]1. The molecule has 8 nitrogen and oxygen atoms in total. The van der Waals surface area contributed by atoms with Crippen molar-refractivity contribution in [2.24, 2.45) is 0 Å². The van der Waals surface area contributed by atoms with E-state index in [2.05, 4.69) is 26.2 Å². The molecule has 0 atom stereocenters. The van der Waals surface area contributed by atoms with Gasteiger partial charge >= 0.3 is 11.8 Å². The lowest BCUT2D eigenvalue weighted by atomic mass is 10.2. The van der Waals surface area contributed by atoms with Crippen molar-refractivity contribution in [3.63, 3.8) is 0 Å². The van der Waals surface area contributed by atoms with E-state index in [-0.39, 0.29) is 22.8 Å². The minimum Gasteiger partial charge on any atom is -0.478 e. The molecule has 0 spiro atoms. The van der Waals surface area contributed by atoms with Gasteiger partial charge in [0, 0.05) is 10.5 Å². The fourth-order valence-electron chi connectivity index (χ4n) is 1.61. The summed E-state index contributed by atoms with van der Waals surface area (Å²) in [4.78, 5) is 35.2. The van der Waals surface area contributed by atoms with Gasteiger partial charge in [-0.1, -0.05) is 15.9 Å². The van der Waals surface area contributed by atoms with Crippen molar-refractivity contribution in [3.8, 4) is 0 Å². The van der Waals surface area contributed by atoms with Crippen LogP contribution < -0.4 is 5.32 Å². The van der Waals surface area contributed by atoms with E-state index >= 15 is 0 Å². The van der Waals surface area contributed by atoms with E-state index in [0.29, 0.717) is 4.47 Å². The number of H-pyrrole nitrogens is 1. The number of aromatic carboxylic acids is 1. The average molecular weight is 354 g/mol. The van der Waals surface area contributed by atoms with Crippen LogP contribution in [0.15, 0.2) is 34.8 Å². The summed E-state index contributed by atoms with van der Waals surface area (Å²) in [6, 6.07) is 6.72. The van der Waals surface area contributed by atoms with Crippen LogP contribution in [0.1, 0.15) is 20.8 Å². The Bertz CT molecular complexity index is 740. The molecule has 21 heavy (non-hydrogen) atoms. The van der Waals surface area contributed by atoms with Crippen molar-refractivity contribution in [2.75, 3.05) is 5.32 Å². The Kier molecular flexibility index (Phi) is 4.03. The summed E-state index contributed by atoms with van der Waals surface area (Å²) >= 11 is 3.14. The van der Waals surface area contributed by atoms with Crippen LogP contribution in [0.2, 0.25) is 0 Å². The Morgan fingerprint density at radius 2 is 2.00 bits per heavy atom. The highest BCUT2D eigenvalue weighted by molar-refractivity contribution is 9.10. The molecule has 0 fully saturated rings. The van der Waals surface area contributed by atoms with Crippen LogP contribution in [0, 0.1) is 10.1 Å². The molecular weight excluding hydrogens is 346 g/mol. The first-order chi connectivity index (χ1) is 9.88. The third-order valence-corrected chi connectivity index (χ3v) is 3.07. The molecule has 0 aliphatic rings. The standard InChI is InChI=1S/C12H8BrN3O5/c13-6-1-2-8(7(5-6)12(18)19)15-11(17)9-3-4-10(14-9)16(20)21/h1-5,14H,(H,15,17)(H,18,19). The predicted octanol–water partition coefficient (Wildman–Crippen LogP) is 2.64. The number of amides is 1. The van der Waals surface area contributed by atoms with Crippen molar-refractivity contribution < 1.29 is 19.6 Å². The maximum absolute atomic E-state index is 11.9. The van der Waals surface area contributed by atoms with Gasteiger partial charge in [0.05, 0.1) is 11.3 Å². The van der Waals surface area contributed by atoms with Gasteiger partial charge in [-0.15, -0.1) is 0 Å². The zero-order chi connectivity index (χ0) is 15.6. The van der Waals surface area contributed by atoms with Crippen LogP contribution in [-0.2, 0) is 0 Å². The average Bonchev–Trinajstić information content (AvgIpc) is 2.90. The molecule has 2 rings (SSSR count). The number of benzene rings is 1. The molecule has 1 aromatic heterocycles. The highest BCUT2D eigenvalue weighted by Gasteiger charge is 2.18. The number of hydrogen-bond acceptors (Lipinski definition) is 4. The molecule has 0 radical (unpaired) electrons. The summed E-state index contributed by atoms with van der Waals surface area (Å²) in [6.07, 6.45) is 0. The number of aromatic nitrogens is 1. The Morgan fingerprint density at radius 1 is 1.29 bits per heavy atom. The first-order valence-corrected chi connectivity index (χ1v) is 6.35. The lowest BCUT2D eigenvalue weighted by Crippen LogP contribution is -2.15. The second kappa shape index (κ2) is 5.75. The van der Waals surface area contributed by atoms with Gasteiger partial charge in [-0.2, -0.15) is 0 Å². The molecule has 108 valence electrons. The zero-order valence-corrected chi connectivity index (χ0v) is 11.9. The molecule has 0 unspecified atom stereocenters. The van der Waals surface area contributed by atoms with Crippen molar-refractivity contribution in [2.45, 2.75) is 0 Å². The fourth-order valence-corrected chi connectivity index (χ4v) is 1.98. The highest BCUT2D eigenvalue weighted by Crippen LogP contribution is 2.22. The minimum atomic E-state index is -1.20. The first-order valence-electron chi connectivity index (χ1n) is 5.56. The fraction of sp³-hybridized carbons (Fsp3) is 0. The molecule has 1 amide bonds. The molecule has 2 aromatic rings. The van der Waals surface area contributed by atoms with E-state index in [1.807, 2.05) is 0 Å². The number of carboxylic acids is 1. The Balaban J connectivity index is 2.27. The summed E-state index contributed by atoms with van der Waals surface area (Å²) in [5, 5.41) is 22.0.